The molecule has 1 aromatic heterocycles. The van der Waals surface area contributed by atoms with E-state index in [1.54, 1.807) is 25.1 Å². The molecule has 1 atom stereocenters. The zero-order chi connectivity index (χ0) is 17.9. The number of benzene rings is 1. The SMILES string of the molecule is CCC(C(=O)O)N(c1cccc(I)c1)c1nc(Cl)ncc1[N+](=O)[O-]. The average Bonchev–Trinajstić information content (AvgIpc) is 2.51. The Labute approximate surface area is 155 Å². The van der Waals surface area contributed by atoms with Crippen LogP contribution in [-0.4, -0.2) is 32.0 Å². The predicted octanol–water partition coefficient (Wildman–Crippen LogP) is 3.64. The number of nitrogens with zero attached hydrogens (tertiary/aromatic N) is 4. The molecular formula is C14H12ClIN4O4. The summed E-state index contributed by atoms with van der Waals surface area (Å²) in [4.78, 5) is 31.2. The average molecular weight is 463 g/mol. The van der Waals surface area contributed by atoms with Crippen LogP contribution in [0, 0.1) is 13.7 Å². The molecule has 0 radical (unpaired) electrons. The van der Waals surface area contributed by atoms with E-state index in [2.05, 4.69) is 32.6 Å². The van der Waals surface area contributed by atoms with E-state index in [1.165, 1.54) is 4.90 Å². The van der Waals surface area contributed by atoms with Crippen LogP contribution in [0.1, 0.15) is 13.3 Å². The Hall–Kier alpha value is -2.01. The lowest BCUT2D eigenvalue weighted by molar-refractivity contribution is -0.384. The van der Waals surface area contributed by atoms with Crippen LogP contribution >= 0.6 is 34.2 Å². The number of carbonyl (C=O) groups is 1. The third-order valence-corrected chi connectivity index (χ3v) is 4.07. The first kappa shape index (κ1) is 18.3. The highest BCUT2D eigenvalue weighted by atomic mass is 127. The van der Waals surface area contributed by atoms with Gasteiger partial charge in [-0.3, -0.25) is 10.1 Å². The number of aromatic nitrogens is 2. The van der Waals surface area contributed by atoms with Crippen molar-refractivity contribution in [3.05, 3.63) is 49.4 Å². The van der Waals surface area contributed by atoms with Gasteiger partial charge < -0.3 is 10.0 Å². The van der Waals surface area contributed by atoms with Crippen molar-refractivity contribution in [2.75, 3.05) is 4.90 Å². The highest BCUT2D eigenvalue weighted by Gasteiger charge is 2.32. The molecule has 0 saturated carbocycles. The van der Waals surface area contributed by atoms with Crippen molar-refractivity contribution in [3.63, 3.8) is 0 Å². The minimum Gasteiger partial charge on any atom is -0.480 e. The number of nitro groups is 1. The molecule has 0 aliphatic carbocycles. The summed E-state index contributed by atoms with van der Waals surface area (Å²) >= 11 is 7.86. The zero-order valence-electron chi connectivity index (χ0n) is 12.4. The number of carboxylic acids is 1. The second kappa shape index (κ2) is 7.71. The Morgan fingerprint density at radius 3 is 2.79 bits per heavy atom. The third-order valence-electron chi connectivity index (χ3n) is 3.22. The number of halogens is 2. The van der Waals surface area contributed by atoms with Crippen LogP contribution in [0.15, 0.2) is 30.5 Å². The van der Waals surface area contributed by atoms with Crippen molar-refractivity contribution in [1.29, 1.82) is 0 Å². The van der Waals surface area contributed by atoms with Crippen LogP contribution in [0.4, 0.5) is 17.2 Å². The van der Waals surface area contributed by atoms with E-state index in [-0.39, 0.29) is 17.5 Å². The molecule has 0 aliphatic heterocycles. The highest BCUT2D eigenvalue weighted by Crippen LogP contribution is 2.35. The fourth-order valence-electron chi connectivity index (χ4n) is 2.20. The summed E-state index contributed by atoms with van der Waals surface area (Å²) in [6, 6.07) is 5.88. The smallest absolute Gasteiger partial charge is 0.330 e. The van der Waals surface area contributed by atoms with E-state index >= 15 is 0 Å². The van der Waals surface area contributed by atoms with Gasteiger partial charge in [0.15, 0.2) is 0 Å². The molecule has 1 aromatic carbocycles. The minimum atomic E-state index is -1.12. The number of carboxylic acid groups (broad SMARTS) is 1. The van der Waals surface area contributed by atoms with Crippen LogP contribution in [0.5, 0.6) is 0 Å². The molecule has 0 spiro atoms. The molecule has 24 heavy (non-hydrogen) atoms. The molecule has 0 saturated heterocycles. The molecule has 8 nitrogen and oxygen atoms in total. The summed E-state index contributed by atoms with van der Waals surface area (Å²) in [5, 5.41) is 20.7. The summed E-state index contributed by atoms with van der Waals surface area (Å²) in [5.41, 5.74) is 0.0481. The second-order valence-corrected chi connectivity index (χ2v) is 6.30. The van der Waals surface area contributed by atoms with Crippen LogP contribution < -0.4 is 4.90 Å². The maximum atomic E-state index is 11.7. The maximum absolute atomic E-state index is 11.7. The lowest BCUT2D eigenvalue weighted by Crippen LogP contribution is -2.38. The predicted molar refractivity (Wildman–Crippen MR) is 96.7 cm³/mol. The molecule has 2 aromatic rings. The van der Waals surface area contributed by atoms with Crippen LogP contribution in [0.25, 0.3) is 0 Å². The lowest BCUT2D eigenvalue weighted by Gasteiger charge is -2.29. The van der Waals surface area contributed by atoms with Crippen LogP contribution in [0.2, 0.25) is 5.28 Å². The van der Waals surface area contributed by atoms with Crippen molar-refractivity contribution in [1.82, 2.24) is 9.97 Å². The van der Waals surface area contributed by atoms with E-state index < -0.39 is 22.6 Å². The van der Waals surface area contributed by atoms with Gasteiger partial charge in [0, 0.05) is 9.26 Å². The number of hydrogen-bond acceptors (Lipinski definition) is 6. The largest absolute Gasteiger partial charge is 0.480 e. The first-order chi connectivity index (χ1) is 11.3. The monoisotopic (exact) mass is 462 g/mol. The summed E-state index contributed by atoms with van der Waals surface area (Å²) in [6.45, 7) is 1.67. The molecule has 10 heteroatoms. The van der Waals surface area contributed by atoms with Crippen molar-refractivity contribution < 1.29 is 14.8 Å². The van der Waals surface area contributed by atoms with Crippen LogP contribution in [0.3, 0.4) is 0 Å². The van der Waals surface area contributed by atoms with Gasteiger partial charge in [0.1, 0.15) is 12.2 Å². The highest BCUT2D eigenvalue weighted by molar-refractivity contribution is 14.1. The molecule has 1 heterocycles. The molecule has 126 valence electrons. The van der Waals surface area contributed by atoms with Gasteiger partial charge in [0.2, 0.25) is 11.1 Å². The second-order valence-electron chi connectivity index (χ2n) is 4.72. The van der Waals surface area contributed by atoms with Gasteiger partial charge in [0.05, 0.1) is 4.92 Å². The molecular weight excluding hydrogens is 451 g/mol. The van der Waals surface area contributed by atoms with E-state index in [4.69, 9.17) is 11.6 Å². The van der Waals surface area contributed by atoms with Gasteiger partial charge in [0.25, 0.3) is 0 Å². The Kier molecular flexibility index (Phi) is 5.89. The molecule has 0 fully saturated rings. The van der Waals surface area contributed by atoms with Crippen molar-refractivity contribution in [2.24, 2.45) is 0 Å². The van der Waals surface area contributed by atoms with E-state index in [0.29, 0.717) is 5.69 Å². The van der Waals surface area contributed by atoms with Gasteiger partial charge in [-0.15, -0.1) is 0 Å². The number of anilines is 2. The summed E-state index contributed by atoms with van der Waals surface area (Å²) in [6.07, 6.45) is 1.18. The Morgan fingerprint density at radius 1 is 1.54 bits per heavy atom. The Morgan fingerprint density at radius 2 is 2.25 bits per heavy atom. The number of hydrogen-bond donors (Lipinski definition) is 1. The normalized spacial score (nSPS) is 11.8. The van der Waals surface area contributed by atoms with Crippen LogP contribution in [-0.2, 0) is 4.79 Å². The van der Waals surface area contributed by atoms with Gasteiger partial charge in [-0.2, -0.15) is 4.98 Å². The topological polar surface area (TPSA) is 109 Å². The molecule has 1 N–H and O–H groups in total. The quantitative estimate of drug-likeness (QED) is 0.302. The summed E-state index contributed by atoms with van der Waals surface area (Å²) in [5.74, 6) is -1.28. The summed E-state index contributed by atoms with van der Waals surface area (Å²) < 4.78 is 0.846. The standard InChI is InChI=1S/C14H12ClIN4O4/c1-2-10(13(21)22)19(9-5-3-4-8(16)6-9)12-11(20(23)24)7-17-14(15)18-12/h3-7,10H,2H2,1H3,(H,21,22). The Balaban J connectivity index is 2.73. The first-order valence-electron chi connectivity index (χ1n) is 6.79. The zero-order valence-corrected chi connectivity index (χ0v) is 15.3. The minimum absolute atomic E-state index is 0.156. The van der Waals surface area contributed by atoms with E-state index in [0.717, 1.165) is 9.77 Å². The molecule has 2 rings (SSSR count). The summed E-state index contributed by atoms with van der Waals surface area (Å²) in [7, 11) is 0. The van der Waals surface area contributed by atoms with Crippen molar-refractivity contribution in [2.45, 2.75) is 19.4 Å². The maximum Gasteiger partial charge on any atom is 0.330 e. The fourth-order valence-corrected chi connectivity index (χ4v) is 2.85. The molecule has 1 unspecified atom stereocenters. The van der Waals surface area contributed by atoms with Crippen molar-refractivity contribution in [3.8, 4) is 0 Å². The number of rotatable bonds is 6. The third kappa shape index (κ3) is 3.90. The van der Waals surface area contributed by atoms with Gasteiger partial charge in [-0.25, -0.2) is 9.78 Å². The first-order valence-corrected chi connectivity index (χ1v) is 8.25. The van der Waals surface area contributed by atoms with Gasteiger partial charge in [-0.05, 0) is 58.8 Å². The van der Waals surface area contributed by atoms with Gasteiger partial charge in [-0.1, -0.05) is 13.0 Å². The number of aliphatic carboxylic acids is 1. The van der Waals surface area contributed by atoms with E-state index in [1.807, 2.05) is 6.07 Å². The lowest BCUT2D eigenvalue weighted by atomic mass is 10.1. The fraction of sp³-hybridized carbons (Fsp3) is 0.214. The molecule has 0 aliphatic rings. The molecule has 0 bridgehead atoms. The molecule has 0 amide bonds. The van der Waals surface area contributed by atoms with E-state index in [9.17, 15) is 20.0 Å². The Bertz CT molecular complexity index is 789. The van der Waals surface area contributed by atoms with Gasteiger partial charge >= 0.3 is 11.7 Å². The van der Waals surface area contributed by atoms with Crippen molar-refractivity contribution >= 4 is 57.4 Å².